The predicted molar refractivity (Wildman–Crippen MR) is 68.1 cm³/mol. The van der Waals surface area contributed by atoms with E-state index in [9.17, 15) is 4.79 Å². The molecule has 1 aromatic carbocycles. The molecule has 1 fully saturated rings. The number of thiocarbonyl (C=S) groups is 1. The number of thioether (sulfide) groups is 1. The van der Waals surface area contributed by atoms with E-state index in [1.807, 2.05) is 0 Å². The molecule has 82 valence electrons. The fourth-order valence-corrected chi connectivity index (χ4v) is 2.17. The van der Waals surface area contributed by atoms with Crippen LogP contribution >= 0.6 is 35.6 Å². The number of benzene rings is 1. The van der Waals surface area contributed by atoms with Crippen LogP contribution in [-0.2, 0) is 4.79 Å². The zero-order chi connectivity index (χ0) is 11.5. The van der Waals surface area contributed by atoms with Crippen LogP contribution in [0.1, 0.15) is 0 Å². The minimum atomic E-state index is -0.580. The molecular weight excluding hydrogens is 266 g/mol. The van der Waals surface area contributed by atoms with Crippen LogP contribution in [0, 0.1) is 0 Å². The molecule has 0 aromatic heterocycles. The lowest BCUT2D eigenvalue weighted by molar-refractivity contribution is -0.118. The highest BCUT2D eigenvalue weighted by molar-refractivity contribution is 8.24. The van der Waals surface area contributed by atoms with Crippen molar-refractivity contribution in [2.75, 3.05) is 0 Å². The Hall–Kier alpha value is -0.980. The molecule has 1 N–H and O–H groups in total. The highest BCUT2D eigenvalue weighted by Gasteiger charge is 2.28. The summed E-state index contributed by atoms with van der Waals surface area (Å²) in [7, 11) is 0. The monoisotopic (exact) mass is 271 g/mol. The predicted octanol–water partition coefficient (Wildman–Crippen LogP) is 2.90. The lowest BCUT2D eigenvalue weighted by Gasteiger charge is -1.96. The summed E-state index contributed by atoms with van der Waals surface area (Å²) in [5.41, 5.74) is 0.649. The fourth-order valence-electron chi connectivity index (χ4n) is 1.05. The lowest BCUT2D eigenvalue weighted by Crippen LogP contribution is -2.22. The number of nitrogens with zero attached hydrogens (tertiary/aromatic N) is 2. The van der Waals surface area contributed by atoms with Crippen molar-refractivity contribution in [1.82, 2.24) is 5.32 Å². The summed E-state index contributed by atoms with van der Waals surface area (Å²) in [6.45, 7) is 0. The van der Waals surface area contributed by atoms with Crippen molar-refractivity contribution in [1.29, 1.82) is 0 Å². The van der Waals surface area contributed by atoms with E-state index in [-0.39, 0.29) is 5.91 Å². The second kappa shape index (κ2) is 4.90. The van der Waals surface area contributed by atoms with Crippen molar-refractivity contribution in [2.45, 2.75) is 5.37 Å². The van der Waals surface area contributed by atoms with Gasteiger partial charge in [-0.1, -0.05) is 35.6 Å². The molecule has 0 spiro atoms. The van der Waals surface area contributed by atoms with Gasteiger partial charge in [-0.25, -0.2) is 0 Å². The smallest absolute Gasteiger partial charge is 0.262 e. The van der Waals surface area contributed by atoms with Crippen LogP contribution in [0.4, 0.5) is 5.69 Å². The SMILES string of the molecule is O=C1NC(=S)SC1N=Nc1ccc(Cl)cc1. The van der Waals surface area contributed by atoms with Crippen LogP contribution in [0.2, 0.25) is 5.02 Å². The second-order valence-electron chi connectivity index (χ2n) is 2.94. The van der Waals surface area contributed by atoms with Gasteiger partial charge in [-0.05, 0) is 24.3 Å². The highest BCUT2D eigenvalue weighted by atomic mass is 35.5. The average molecular weight is 272 g/mol. The van der Waals surface area contributed by atoms with Crippen LogP contribution in [0.15, 0.2) is 34.5 Å². The van der Waals surface area contributed by atoms with Crippen LogP contribution in [0.5, 0.6) is 0 Å². The maximum atomic E-state index is 11.3. The maximum Gasteiger partial charge on any atom is 0.262 e. The highest BCUT2D eigenvalue weighted by Crippen LogP contribution is 2.23. The molecular formula is C9H6ClN3OS2. The first-order valence-corrected chi connectivity index (χ1v) is 5.99. The van der Waals surface area contributed by atoms with Crippen LogP contribution < -0.4 is 5.32 Å². The van der Waals surface area contributed by atoms with Crippen molar-refractivity contribution in [3.63, 3.8) is 0 Å². The summed E-state index contributed by atoms with van der Waals surface area (Å²) in [4.78, 5) is 11.3. The number of azo groups is 1. The van der Waals surface area contributed by atoms with E-state index in [0.717, 1.165) is 0 Å². The Labute approximate surface area is 106 Å². The number of hydrogen-bond donors (Lipinski definition) is 1. The number of carbonyl (C=O) groups excluding carboxylic acids is 1. The van der Waals surface area contributed by atoms with Crippen molar-refractivity contribution in [3.05, 3.63) is 29.3 Å². The van der Waals surface area contributed by atoms with Gasteiger partial charge in [0.05, 0.1) is 5.69 Å². The van der Waals surface area contributed by atoms with Crippen LogP contribution in [0.25, 0.3) is 0 Å². The van der Waals surface area contributed by atoms with E-state index < -0.39 is 5.37 Å². The molecule has 0 saturated carbocycles. The topological polar surface area (TPSA) is 53.8 Å². The van der Waals surface area contributed by atoms with Gasteiger partial charge in [0.1, 0.15) is 4.32 Å². The van der Waals surface area contributed by atoms with Gasteiger partial charge in [-0.2, -0.15) is 10.2 Å². The number of hydrogen-bond acceptors (Lipinski definition) is 5. The number of halogens is 1. The Bertz CT molecular complexity index is 460. The van der Waals surface area contributed by atoms with Gasteiger partial charge >= 0.3 is 0 Å². The molecule has 0 aliphatic carbocycles. The first kappa shape index (κ1) is 11.5. The largest absolute Gasteiger partial charge is 0.309 e. The zero-order valence-electron chi connectivity index (χ0n) is 7.88. The Balaban J connectivity index is 2.07. The van der Waals surface area contributed by atoms with Crippen LogP contribution in [-0.4, -0.2) is 15.6 Å². The van der Waals surface area contributed by atoms with Crippen molar-refractivity contribution in [3.8, 4) is 0 Å². The van der Waals surface area contributed by atoms with Gasteiger partial charge in [0.15, 0.2) is 0 Å². The molecule has 7 heteroatoms. The molecule has 1 saturated heterocycles. The van der Waals surface area contributed by atoms with Crippen molar-refractivity contribution >= 4 is 51.5 Å². The number of amides is 1. The molecule has 1 aromatic rings. The molecule has 0 radical (unpaired) electrons. The summed E-state index contributed by atoms with van der Waals surface area (Å²) >= 11 is 11.7. The minimum absolute atomic E-state index is 0.229. The third kappa shape index (κ3) is 2.78. The molecule has 1 unspecified atom stereocenters. The molecule has 0 bridgehead atoms. The second-order valence-corrected chi connectivity index (χ2v) is 5.13. The number of rotatable bonds is 2. The summed E-state index contributed by atoms with van der Waals surface area (Å²) in [6.07, 6.45) is 0. The third-order valence-corrected chi connectivity index (χ3v) is 3.26. The van der Waals surface area contributed by atoms with Gasteiger partial charge in [-0.15, -0.1) is 0 Å². The number of nitrogens with one attached hydrogen (secondary N) is 1. The Morgan fingerprint density at radius 3 is 2.62 bits per heavy atom. The Morgan fingerprint density at radius 1 is 1.38 bits per heavy atom. The summed E-state index contributed by atoms with van der Waals surface area (Å²) in [5, 5.41) is 10.4. The first-order chi connectivity index (χ1) is 7.65. The van der Waals surface area contributed by atoms with E-state index in [2.05, 4.69) is 15.5 Å². The number of carbonyl (C=O) groups is 1. The first-order valence-electron chi connectivity index (χ1n) is 4.33. The lowest BCUT2D eigenvalue weighted by atomic mass is 10.3. The molecule has 4 nitrogen and oxygen atoms in total. The van der Waals surface area contributed by atoms with Gasteiger partial charge < -0.3 is 5.32 Å². The molecule has 16 heavy (non-hydrogen) atoms. The third-order valence-electron chi connectivity index (χ3n) is 1.77. The van der Waals surface area contributed by atoms with Gasteiger partial charge in [-0.3, -0.25) is 4.79 Å². The van der Waals surface area contributed by atoms with Crippen molar-refractivity contribution < 1.29 is 4.79 Å². The van der Waals surface area contributed by atoms with E-state index in [1.165, 1.54) is 11.8 Å². The molecule has 1 aliphatic rings. The summed E-state index contributed by atoms with van der Waals surface area (Å²) in [6, 6.07) is 6.87. The molecule has 1 atom stereocenters. The molecule has 2 rings (SSSR count). The van der Waals surface area contributed by atoms with E-state index in [0.29, 0.717) is 15.0 Å². The van der Waals surface area contributed by atoms with Crippen LogP contribution in [0.3, 0.4) is 0 Å². The van der Waals surface area contributed by atoms with Gasteiger partial charge in [0.25, 0.3) is 5.91 Å². The van der Waals surface area contributed by atoms with Crippen molar-refractivity contribution in [2.24, 2.45) is 10.2 Å². The Kier molecular flexibility index (Phi) is 3.52. The zero-order valence-corrected chi connectivity index (χ0v) is 10.3. The van der Waals surface area contributed by atoms with E-state index in [4.69, 9.17) is 23.8 Å². The van der Waals surface area contributed by atoms with Gasteiger partial charge in [0, 0.05) is 5.02 Å². The quantitative estimate of drug-likeness (QED) is 0.665. The standard InChI is InChI=1S/C9H6ClN3OS2/c10-5-1-3-6(4-2-5)12-13-8-7(14)11-9(15)16-8/h1-4,8H,(H,11,14,15). The van der Waals surface area contributed by atoms with Gasteiger partial charge in [0.2, 0.25) is 5.37 Å². The minimum Gasteiger partial charge on any atom is -0.309 e. The molecule has 1 amide bonds. The molecule has 1 heterocycles. The normalized spacial score (nSPS) is 20.4. The summed E-state index contributed by atoms with van der Waals surface area (Å²) < 4.78 is 0.435. The van der Waals surface area contributed by atoms with E-state index in [1.54, 1.807) is 24.3 Å². The Morgan fingerprint density at radius 2 is 2.06 bits per heavy atom. The molecule has 1 aliphatic heterocycles. The summed E-state index contributed by atoms with van der Waals surface area (Å²) in [5.74, 6) is -0.229. The maximum absolute atomic E-state index is 11.3. The fraction of sp³-hybridized carbons (Fsp3) is 0.111. The van der Waals surface area contributed by atoms with E-state index >= 15 is 0 Å². The average Bonchev–Trinajstić information content (AvgIpc) is 2.57.